The average Bonchev–Trinajstić information content (AvgIpc) is 2.62. The summed E-state index contributed by atoms with van der Waals surface area (Å²) in [5, 5.41) is 10.0. The lowest BCUT2D eigenvalue weighted by molar-refractivity contribution is -0.131. The third-order valence-electron chi connectivity index (χ3n) is 4.21. The highest BCUT2D eigenvalue weighted by Crippen LogP contribution is 2.28. The van der Waals surface area contributed by atoms with Gasteiger partial charge in [-0.1, -0.05) is 27.7 Å². The summed E-state index contributed by atoms with van der Waals surface area (Å²) in [5.41, 5.74) is 0.313. The zero-order valence-corrected chi connectivity index (χ0v) is 15.7. The van der Waals surface area contributed by atoms with Crippen LogP contribution in [0.3, 0.4) is 0 Å². The summed E-state index contributed by atoms with van der Waals surface area (Å²) in [6, 6.07) is 4.71. The van der Waals surface area contributed by atoms with E-state index in [1.165, 1.54) is 20.3 Å². The van der Waals surface area contributed by atoms with E-state index in [2.05, 4.69) is 0 Å². The first-order chi connectivity index (χ1) is 11.7. The topological polar surface area (TPSA) is 82.1 Å². The molecule has 0 aliphatic carbocycles. The highest BCUT2D eigenvalue weighted by molar-refractivity contribution is 5.90. The van der Waals surface area contributed by atoms with Gasteiger partial charge in [-0.05, 0) is 24.1 Å². The van der Waals surface area contributed by atoms with Crippen LogP contribution in [0.15, 0.2) is 18.2 Å². The number of hydrogen-bond acceptors (Lipinski definition) is 6. The van der Waals surface area contributed by atoms with Crippen LogP contribution in [-0.4, -0.2) is 43.8 Å². The minimum atomic E-state index is -0.712. The zero-order chi connectivity index (χ0) is 19.1. The number of benzene rings is 1. The highest BCUT2D eigenvalue weighted by atomic mass is 16.5. The lowest BCUT2D eigenvalue weighted by Crippen LogP contribution is -2.34. The Bertz CT molecular complexity index is 596. The molecule has 1 N–H and O–H groups in total. The summed E-state index contributed by atoms with van der Waals surface area (Å²) < 4.78 is 15.5. The van der Waals surface area contributed by atoms with Gasteiger partial charge in [-0.3, -0.25) is 4.79 Å². The van der Waals surface area contributed by atoms with Crippen LogP contribution in [0.1, 0.15) is 38.1 Å². The van der Waals surface area contributed by atoms with Gasteiger partial charge in [-0.2, -0.15) is 0 Å². The molecule has 0 amide bonds. The monoisotopic (exact) mass is 352 g/mol. The number of aliphatic hydroxyl groups is 1. The van der Waals surface area contributed by atoms with Crippen molar-refractivity contribution in [3.63, 3.8) is 0 Å². The van der Waals surface area contributed by atoms with Crippen molar-refractivity contribution < 1.29 is 28.9 Å². The number of hydrogen-bond donors (Lipinski definition) is 1. The Morgan fingerprint density at radius 3 is 2.16 bits per heavy atom. The maximum absolute atomic E-state index is 12.3. The lowest BCUT2D eigenvalue weighted by Gasteiger charge is -2.23. The van der Waals surface area contributed by atoms with E-state index < -0.39 is 23.9 Å². The number of methoxy groups -OCH3 is 2. The minimum absolute atomic E-state index is 0.0135. The summed E-state index contributed by atoms with van der Waals surface area (Å²) in [7, 11) is 2.99. The molecule has 1 aromatic carbocycles. The molecule has 0 unspecified atom stereocenters. The smallest absolute Gasteiger partial charge is 0.338 e. The number of esters is 1. The zero-order valence-electron chi connectivity index (χ0n) is 15.7. The fraction of sp³-hybridized carbons (Fsp3) is 0.579. The standard InChI is InChI=1S/C19H28O6/c1-11(2)17(20)13(4)18(21)12(3)10-25-19(22)14-7-8-15(23-5)16(9-14)24-6/h7-9,11-13,17,20H,10H2,1-6H3/t12-,13-,17-/m1/s1. The maximum Gasteiger partial charge on any atom is 0.338 e. The average molecular weight is 352 g/mol. The molecule has 0 bridgehead atoms. The van der Waals surface area contributed by atoms with Gasteiger partial charge in [0.2, 0.25) is 0 Å². The van der Waals surface area contributed by atoms with Gasteiger partial charge in [0, 0.05) is 11.8 Å². The molecule has 6 heteroatoms. The van der Waals surface area contributed by atoms with Gasteiger partial charge in [0.1, 0.15) is 12.4 Å². The molecule has 3 atom stereocenters. The van der Waals surface area contributed by atoms with Crippen molar-refractivity contribution in [1.29, 1.82) is 0 Å². The molecule has 0 aliphatic rings. The van der Waals surface area contributed by atoms with Gasteiger partial charge in [0.05, 0.1) is 25.9 Å². The van der Waals surface area contributed by atoms with E-state index in [-0.39, 0.29) is 18.3 Å². The van der Waals surface area contributed by atoms with Gasteiger partial charge in [0.15, 0.2) is 11.5 Å². The first kappa shape index (κ1) is 21.0. The second kappa shape index (κ2) is 9.42. The first-order valence-electron chi connectivity index (χ1n) is 8.33. The first-order valence-corrected chi connectivity index (χ1v) is 8.33. The van der Waals surface area contributed by atoms with Crippen LogP contribution in [0.4, 0.5) is 0 Å². The van der Waals surface area contributed by atoms with Gasteiger partial charge in [0.25, 0.3) is 0 Å². The fourth-order valence-electron chi connectivity index (χ4n) is 2.52. The second-order valence-electron chi connectivity index (χ2n) is 6.49. The molecule has 0 aromatic heterocycles. The minimum Gasteiger partial charge on any atom is -0.493 e. The van der Waals surface area contributed by atoms with Crippen molar-refractivity contribution in [2.24, 2.45) is 17.8 Å². The normalized spacial score (nSPS) is 14.6. The Kier molecular flexibility index (Phi) is 7.90. The van der Waals surface area contributed by atoms with Crippen LogP contribution in [-0.2, 0) is 9.53 Å². The molecule has 1 aromatic rings. The number of carbonyl (C=O) groups is 2. The van der Waals surface area contributed by atoms with E-state index in [1.54, 1.807) is 26.0 Å². The number of aliphatic hydroxyl groups excluding tert-OH is 1. The van der Waals surface area contributed by atoms with Crippen molar-refractivity contribution in [3.05, 3.63) is 23.8 Å². The number of ether oxygens (including phenoxy) is 3. The Balaban J connectivity index is 2.68. The molecular formula is C19H28O6. The lowest BCUT2D eigenvalue weighted by atomic mass is 9.86. The Morgan fingerprint density at radius 1 is 1.04 bits per heavy atom. The van der Waals surface area contributed by atoms with E-state index in [4.69, 9.17) is 14.2 Å². The van der Waals surface area contributed by atoms with E-state index >= 15 is 0 Å². The van der Waals surface area contributed by atoms with Crippen molar-refractivity contribution in [1.82, 2.24) is 0 Å². The van der Waals surface area contributed by atoms with Crippen LogP contribution in [0, 0.1) is 17.8 Å². The molecule has 1 rings (SSSR count). The van der Waals surface area contributed by atoms with Crippen LogP contribution < -0.4 is 9.47 Å². The van der Waals surface area contributed by atoms with Crippen molar-refractivity contribution in [3.8, 4) is 11.5 Å². The van der Waals surface area contributed by atoms with Crippen LogP contribution >= 0.6 is 0 Å². The number of carbonyl (C=O) groups excluding carboxylic acids is 2. The van der Waals surface area contributed by atoms with Crippen molar-refractivity contribution in [2.45, 2.75) is 33.8 Å². The molecule has 0 saturated carbocycles. The third-order valence-corrected chi connectivity index (χ3v) is 4.21. The molecule has 0 fully saturated rings. The van der Waals surface area contributed by atoms with E-state index in [1.807, 2.05) is 13.8 Å². The molecule has 0 aliphatic heterocycles. The molecule has 0 saturated heterocycles. The SMILES string of the molecule is COc1ccc(C(=O)OC[C@@H](C)C(=O)[C@H](C)[C@H](O)C(C)C)cc1OC. The molecular weight excluding hydrogens is 324 g/mol. The van der Waals surface area contributed by atoms with Gasteiger partial charge in [-0.15, -0.1) is 0 Å². The predicted octanol–water partition coefficient (Wildman–Crippen LogP) is 2.72. The number of ketones is 1. The van der Waals surface area contributed by atoms with Gasteiger partial charge in [-0.25, -0.2) is 4.79 Å². The summed E-state index contributed by atoms with van der Waals surface area (Å²) in [4.78, 5) is 24.5. The Morgan fingerprint density at radius 2 is 1.64 bits per heavy atom. The molecule has 0 radical (unpaired) electrons. The van der Waals surface area contributed by atoms with Gasteiger partial charge < -0.3 is 19.3 Å². The van der Waals surface area contributed by atoms with E-state index in [9.17, 15) is 14.7 Å². The Hall–Kier alpha value is -2.08. The highest BCUT2D eigenvalue weighted by Gasteiger charge is 2.28. The largest absolute Gasteiger partial charge is 0.493 e. The molecule has 0 heterocycles. The second-order valence-corrected chi connectivity index (χ2v) is 6.49. The summed E-state index contributed by atoms with van der Waals surface area (Å²) in [5.74, 6) is -0.740. The van der Waals surface area contributed by atoms with Crippen molar-refractivity contribution in [2.75, 3.05) is 20.8 Å². The molecule has 0 spiro atoms. The molecule has 25 heavy (non-hydrogen) atoms. The quantitative estimate of drug-likeness (QED) is 0.688. The summed E-state index contributed by atoms with van der Waals surface area (Å²) >= 11 is 0. The molecule has 6 nitrogen and oxygen atoms in total. The van der Waals surface area contributed by atoms with Gasteiger partial charge >= 0.3 is 5.97 Å². The molecule has 140 valence electrons. The summed E-state index contributed by atoms with van der Waals surface area (Å²) in [6.07, 6.45) is -0.712. The van der Waals surface area contributed by atoms with Crippen molar-refractivity contribution >= 4 is 11.8 Å². The summed E-state index contributed by atoms with van der Waals surface area (Å²) in [6.45, 7) is 7.06. The number of Topliss-reactive ketones (excluding diaryl/α,β-unsaturated/α-hetero) is 1. The van der Waals surface area contributed by atoms with Crippen LogP contribution in [0.5, 0.6) is 11.5 Å². The predicted molar refractivity (Wildman–Crippen MR) is 94.0 cm³/mol. The third kappa shape index (κ3) is 5.46. The maximum atomic E-state index is 12.3. The Labute approximate surface area is 149 Å². The van der Waals surface area contributed by atoms with E-state index in [0.717, 1.165) is 0 Å². The number of rotatable bonds is 9. The fourth-order valence-corrected chi connectivity index (χ4v) is 2.52. The van der Waals surface area contributed by atoms with Crippen LogP contribution in [0.25, 0.3) is 0 Å². The van der Waals surface area contributed by atoms with E-state index in [0.29, 0.717) is 17.1 Å². The van der Waals surface area contributed by atoms with Crippen LogP contribution in [0.2, 0.25) is 0 Å².